The highest BCUT2D eigenvalue weighted by atomic mass is 32.2. The second-order valence-electron chi connectivity index (χ2n) is 10.9. The number of hydrogen-bond donors (Lipinski definition) is 1. The molecule has 182 valence electrons. The zero-order valence-corrected chi connectivity index (χ0v) is 20.9. The third kappa shape index (κ3) is 3.02. The molecule has 0 radical (unpaired) electrons. The quantitative estimate of drug-likeness (QED) is 0.627. The van der Waals surface area contributed by atoms with Crippen LogP contribution in [0.5, 0.6) is 0 Å². The van der Waals surface area contributed by atoms with Crippen LogP contribution in [0.2, 0.25) is 0 Å². The largest absolute Gasteiger partial charge is 0.457 e. The number of ketones is 1. The standard InChI is InChI=1S/C27H32O6S/c1-15-12-19-18-8-7-16-13-17(28)9-10-25(16,2)22(18)20(29)14-26(19,3)27(15,24(31)34-4)33-23(30)21-6-5-11-32-21/h5-6,9-11,13,15,18-20,22,29H,7-8,12,14H2,1-4H3/t15-,18?,19?,20?,22?,25+,26+,27+/m1/s1. The van der Waals surface area contributed by atoms with Gasteiger partial charge < -0.3 is 14.3 Å². The van der Waals surface area contributed by atoms with Gasteiger partial charge in [0.05, 0.1) is 12.4 Å². The van der Waals surface area contributed by atoms with Crippen LogP contribution in [0.4, 0.5) is 0 Å². The molecule has 0 saturated heterocycles. The maximum atomic E-state index is 13.6. The third-order valence-corrected chi connectivity index (χ3v) is 10.2. The molecule has 0 aromatic carbocycles. The number of allylic oxidation sites excluding steroid dienone is 4. The SMILES string of the molecule is CSC(=O)[C@@]1(OC(=O)c2ccco2)[C@H](C)CC2C3CCC4=CC(=O)C=C[C@]4(C)C3C(O)C[C@@]21C. The van der Waals surface area contributed by atoms with Gasteiger partial charge >= 0.3 is 5.97 Å². The van der Waals surface area contributed by atoms with E-state index in [2.05, 4.69) is 6.92 Å². The van der Waals surface area contributed by atoms with Crippen LogP contribution in [0, 0.1) is 34.5 Å². The van der Waals surface area contributed by atoms with Gasteiger partial charge in [-0.1, -0.05) is 44.2 Å². The fourth-order valence-corrected chi connectivity index (χ4v) is 8.86. The molecule has 4 aliphatic rings. The summed E-state index contributed by atoms with van der Waals surface area (Å²) in [6.07, 6.45) is 10.5. The molecule has 1 N–H and O–H groups in total. The van der Waals surface area contributed by atoms with E-state index in [1.807, 2.05) is 19.9 Å². The van der Waals surface area contributed by atoms with Crippen molar-refractivity contribution in [1.82, 2.24) is 0 Å². The second-order valence-corrected chi connectivity index (χ2v) is 11.7. The number of esters is 1. The first-order chi connectivity index (χ1) is 16.1. The van der Waals surface area contributed by atoms with Crippen LogP contribution in [0.15, 0.2) is 46.6 Å². The number of carbonyl (C=O) groups excluding carboxylic acids is 3. The first-order valence-corrected chi connectivity index (χ1v) is 13.3. The summed E-state index contributed by atoms with van der Waals surface area (Å²) in [6, 6.07) is 3.16. The van der Waals surface area contributed by atoms with E-state index in [4.69, 9.17) is 9.15 Å². The molecule has 0 amide bonds. The number of thioether (sulfide) groups is 1. The molecule has 0 spiro atoms. The summed E-state index contributed by atoms with van der Waals surface area (Å²) in [7, 11) is 0. The van der Waals surface area contributed by atoms with Gasteiger partial charge in [0.25, 0.3) is 0 Å². The third-order valence-electron chi connectivity index (χ3n) is 9.50. The van der Waals surface area contributed by atoms with Crippen LogP contribution < -0.4 is 0 Å². The average Bonchev–Trinajstić information content (AvgIpc) is 3.40. The molecule has 34 heavy (non-hydrogen) atoms. The minimum absolute atomic E-state index is 0.00461. The Bertz CT molecular complexity index is 1090. The van der Waals surface area contributed by atoms with Crippen molar-refractivity contribution in [3.63, 3.8) is 0 Å². The first kappa shape index (κ1) is 23.6. The van der Waals surface area contributed by atoms with Crippen LogP contribution >= 0.6 is 11.8 Å². The van der Waals surface area contributed by atoms with Crippen LogP contribution in [0.25, 0.3) is 0 Å². The fraction of sp³-hybridized carbons (Fsp3) is 0.593. The number of aliphatic hydroxyl groups excluding tert-OH is 1. The molecule has 5 rings (SSSR count). The highest BCUT2D eigenvalue weighted by molar-refractivity contribution is 8.13. The molecule has 1 aromatic heterocycles. The molecule has 4 aliphatic carbocycles. The second kappa shape index (κ2) is 7.95. The normalized spacial score (nSPS) is 42.9. The van der Waals surface area contributed by atoms with Crippen LogP contribution in [0.3, 0.4) is 0 Å². The van der Waals surface area contributed by atoms with Gasteiger partial charge in [-0.3, -0.25) is 9.59 Å². The molecule has 4 unspecified atom stereocenters. The van der Waals surface area contributed by atoms with Gasteiger partial charge in [0.15, 0.2) is 11.4 Å². The zero-order valence-electron chi connectivity index (χ0n) is 20.1. The Morgan fingerprint density at radius 1 is 1.29 bits per heavy atom. The number of fused-ring (bicyclic) bond motifs is 5. The summed E-state index contributed by atoms with van der Waals surface area (Å²) in [5.41, 5.74) is -1.38. The Hall–Kier alpha value is -2.12. The Kier molecular flexibility index (Phi) is 5.52. The van der Waals surface area contributed by atoms with Crippen molar-refractivity contribution >= 4 is 28.6 Å². The van der Waals surface area contributed by atoms with E-state index in [0.717, 1.165) is 36.6 Å². The number of hydrogen-bond acceptors (Lipinski definition) is 7. The molecular formula is C27H32O6S. The summed E-state index contributed by atoms with van der Waals surface area (Å²) >= 11 is 1.08. The fourth-order valence-electron chi connectivity index (χ4n) is 8.08. The summed E-state index contributed by atoms with van der Waals surface area (Å²) in [5.74, 6) is -0.588. The Balaban J connectivity index is 1.57. The maximum Gasteiger partial charge on any atom is 0.375 e. The summed E-state index contributed by atoms with van der Waals surface area (Å²) in [4.78, 5) is 38.8. The molecule has 0 aliphatic heterocycles. The molecule has 8 atom stereocenters. The van der Waals surface area contributed by atoms with Crippen molar-refractivity contribution in [3.8, 4) is 0 Å². The molecule has 7 heteroatoms. The maximum absolute atomic E-state index is 13.6. The molecule has 6 nitrogen and oxygen atoms in total. The molecule has 3 fully saturated rings. The number of carbonyl (C=O) groups is 3. The predicted octanol–water partition coefficient (Wildman–Crippen LogP) is 4.59. The van der Waals surface area contributed by atoms with Gasteiger partial charge in [0.2, 0.25) is 10.9 Å². The first-order valence-electron chi connectivity index (χ1n) is 12.1. The van der Waals surface area contributed by atoms with Crippen molar-refractivity contribution in [1.29, 1.82) is 0 Å². The minimum Gasteiger partial charge on any atom is -0.457 e. The van der Waals surface area contributed by atoms with Crippen molar-refractivity contribution in [2.75, 3.05) is 6.26 Å². The lowest BCUT2D eigenvalue weighted by Crippen LogP contribution is -2.63. The number of aliphatic hydroxyl groups is 1. The smallest absolute Gasteiger partial charge is 0.375 e. The van der Waals surface area contributed by atoms with E-state index in [1.54, 1.807) is 24.5 Å². The van der Waals surface area contributed by atoms with Gasteiger partial charge in [-0.25, -0.2) is 4.79 Å². The highest BCUT2D eigenvalue weighted by Crippen LogP contribution is 2.69. The lowest BCUT2D eigenvalue weighted by molar-refractivity contribution is -0.176. The summed E-state index contributed by atoms with van der Waals surface area (Å²) in [6.45, 7) is 6.14. The van der Waals surface area contributed by atoms with E-state index in [1.165, 1.54) is 12.3 Å². The Morgan fingerprint density at radius 2 is 2.06 bits per heavy atom. The number of rotatable bonds is 3. The number of furan rings is 1. The van der Waals surface area contributed by atoms with Gasteiger partial charge in [0, 0.05) is 22.7 Å². The lowest BCUT2D eigenvalue weighted by atomic mass is 9.46. The minimum atomic E-state index is -1.36. The zero-order chi connectivity index (χ0) is 24.5. The molecular weight excluding hydrogens is 452 g/mol. The van der Waals surface area contributed by atoms with E-state index in [0.29, 0.717) is 6.42 Å². The Morgan fingerprint density at radius 3 is 2.74 bits per heavy atom. The van der Waals surface area contributed by atoms with Crippen molar-refractivity contribution in [2.45, 2.75) is 58.2 Å². The van der Waals surface area contributed by atoms with E-state index in [-0.39, 0.29) is 45.7 Å². The molecule has 1 heterocycles. The van der Waals surface area contributed by atoms with Gasteiger partial charge in [-0.15, -0.1) is 0 Å². The van der Waals surface area contributed by atoms with Gasteiger partial charge in [0.1, 0.15) is 0 Å². The number of ether oxygens (including phenoxy) is 1. The summed E-state index contributed by atoms with van der Waals surface area (Å²) in [5, 5.41) is 11.5. The van der Waals surface area contributed by atoms with Crippen molar-refractivity contribution in [3.05, 3.63) is 48.0 Å². The van der Waals surface area contributed by atoms with Crippen LogP contribution in [-0.2, 0) is 14.3 Å². The Labute approximate surface area is 204 Å². The van der Waals surface area contributed by atoms with Crippen LogP contribution in [-0.4, -0.2) is 39.9 Å². The van der Waals surface area contributed by atoms with Crippen molar-refractivity contribution < 1.29 is 28.6 Å². The van der Waals surface area contributed by atoms with E-state index >= 15 is 0 Å². The van der Waals surface area contributed by atoms with Crippen LogP contribution in [0.1, 0.15) is 57.0 Å². The molecule has 1 aromatic rings. The predicted molar refractivity (Wildman–Crippen MR) is 128 cm³/mol. The topological polar surface area (TPSA) is 93.8 Å². The molecule has 3 saturated carbocycles. The average molecular weight is 485 g/mol. The van der Waals surface area contributed by atoms with Crippen molar-refractivity contribution in [2.24, 2.45) is 34.5 Å². The highest BCUT2D eigenvalue weighted by Gasteiger charge is 2.73. The van der Waals surface area contributed by atoms with E-state index < -0.39 is 23.1 Å². The van der Waals surface area contributed by atoms with E-state index in [9.17, 15) is 19.5 Å². The molecule has 0 bridgehead atoms. The summed E-state index contributed by atoms with van der Waals surface area (Å²) < 4.78 is 11.4. The van der Waals surface area contributed by atoms with Gasteiger partial charge in [-0.2, -0.15) is 0 Å². The monoisotopic (exact) mass is 484 g/mol. The van der Waals surface area contributed by atoms with Gasteiger partial charge in [-0.05, 0) is 68.1 Å². The lowest BCUT2D eigenvalue weighted by Gasteiger charge is -2.59.